The molecule has 0 heterocycles. The SMILES string of the molecule is CC(CCOCCOCCC(=O)NC(C)(C)CCCC[C@H](NC(=O)C(C)(C)CC(C)(C)CC(=O)O)C(=O)O)CNC(=O)CSC(C)C. The third-order valence-corrected chi connectivity index (χ3v) is 8.68. The Morgan fingerprint density at radius 1 is 0.809 bits per heavy atom. The minimum atomic E-state index is -1.12. The summed E-state index contributed by atoms with van der Waals surface area (Å²) in [6.07, 6.45) is 3.29. The molecule has 0 rings (SSSR count). The Balaban J connectivity index is 4.25. The molecule has 0 radical (unpaired) electrons. The van der Waals surface area contributed by atoms with E-state index in [0.717, 1.165) is 6.42 Å². The molecule has 0 aliphatic rings. The summed E-state index contributed by atoms with van der Waals surface area (Å²) in [7, 11) is 0. The van der Waals surface area contributed by atoms with E-state index >= 15 is 0 Å². The minimum Gasteiger partial charge on any atom is -0.481 e. The Morgan fingerprint density at radius 2 is 1.43 bits per heavy atom. The second-order valence-corrected chi connectivity index (χ2v) is 16.4. The summed E-state index contributed by atoms with van der Waals surface area (Å²) in [4.78, 5) is 60.2. The van der Waals surface area contributed by atoms with Gasteiger partial charge in [-0.15, -0.1) is 11.8 Å². The fourth-order valence-electron chi connectivity index (χ4n) is 5.23. The van der Waals surface area contributed by atoms with Crippen LogP contribution in [0.15, 0.2) is 0 Å². The van der Waals surface area contributed by atoms with Crippen LogP contribution in [0.3, 0.4) is 0 Å². The van der Waals surface area contributed by atoms with Crippen molar-refractivity contribution in [3.8, 4) is 0 Å². The zero-order valence-corrected chi connectivity index (χ0v) is 31.1. The minimum absolute atomic E-state index is 0.0575. The number of aliphatic carboxylic acids is 2. The molecular weight excluding hydrogens is 626 g/mol. The van der Waals surface area contributed by atoms with Crippen molar-refractivity contribution >= 4 is 41.4 Å². The van der Waals surface area contributed by atoms with E-state index in [0.29, 0.717) is 62.5 Å². The van der Waals surface area contributed by atoms with Gasteiger partial charge in [-0.1, -0.05) is 61.3 Å². The summed E-state index contributed by atoms with van der Waals surface area (Å²) in [5, 5.41) is 27.8. The largest absolute Gasteiger partial charge is 0.481 e. The van der Waals surface area contributed by atoms with Gasteiger partial charge in [0.15, 0.2) is 0 Å². The van der Waals surface area contributed by atoms with Gasteiger partial charge < -0.3 is 35.6 Å². The lowest BCUT2D eigenvalue weighted by molar-refractivity contribution is -0.144. The molecule has 47 heavy (non-hydrogen) atoms. The zero-order chi connectivity index (χ0) is 36.3. The summed E-state index contributed by atoms with van der Waals surface area (Å²) < 4.78 is 11.1. The third kappa shape index (κ3) is 23.6. The number of carbonyl (C=O) groups is 5. The van der Waals surface area contributed by atoms with E-state index in [-0.39, 0.29) is 44.1 Å². The molecule has 0 spiro atoms. The maximum Gasteiger partial charge on any atom is 0.326 e. The number of hydrogen-bond donors (Lipinski definition) is 5. The van der Waals surface area contributed by atoms with E-state index in [4.69, 9.17) is 14.6 Å². The van der Waals surface area contributed by atoms with Gasteiger partial charge in [0.2, 0.25) is 17.7 Å². The monoisotopic (exact) mass is 689 g/mol. The van der Waals surface area contributed by atoms with Crippen LogP contribution in [0, 0.1) is 16.7 Å². The molecular formula is C34H63N3O9S. The normalized spacial score (nSPS) is 13.6. The number of ether oxygens (including phenoxy) is 2. The van der Waals surface area contributed by atoms with Crippen LogP contribution >= 0.6 is 11.8 Å². The number of hydrogen-bond acceptors (Lipinski definition) is 8. The van der Waals surface area contributed by atoms with E-state index in [9.17, 15) is 29.1 Å². The second kappa shape index (κ2) is 22.3. The van der Waals surface area contributed by atoms with Gasteiger partial charge in [-0.05, 0) is 56.1 Å². The third-order valence-electron chi connectivity index (χ3n) is 7.59. The van der Waals surface area contributed by atoms with Crippen LogP contribution in [0.1, 0.15) is 114 Å². The molecule has 13 heteroatoms. The highest BCUT2D eigenvalue weighted by atomic mass is 32.2. The van der Waals surface area contributed by atoms with Crippen LogP contribution in [0.2, 0.25) is 0 Å². The Kier molecular flexibility index (Phi) is 21.2. The van der Waals surface area contributed by atoms with Gasteiger partial charge in [-0.3, -0.25) is 19.2 Å². The van der Waals surface area contributed by atoms with Gasteiger partial charge in [-0.25, -0.2) is 4.79 Å². The topological polar surface area (TPSA) is 180 Å². The number of carboxylic acids is 2. The van der Waals surface area contributed by atoms with E-state index in [1.807, 2.05) is 13.8 Å². The van der Waals surface area contributed by atoms with Crippen LogP contribution in [-0.2, 0) is 33.4 Å². The fraction of sp³-hybridized carbons (Fsp3) is 0.853. The molecule has 0 aromatic rings. The molecule has 0 aliphatic heterocycles. The molecule has 274 valence electrons. The Morgan fingerprint density at radius 3 is 2.00 bits per heavy atom. The van der Waals surface area contributed by atoms with Gasteiger partial charge in [0.1, 0.15) is 6.04 Å². The van der Waals surface area contributed by atoms with E-state index in [1.165, 1.54) is 0 Å². The van der Waals surface area contributed by atoms with Crippen molar-refractivity contribution in [2.45, 2.75) is 131 Å². The second-order valence-electron chi connectivity index (χ2n) is 14.9. The number of thioether (sulfide) groups is 1. The average Bonchev–Trinajstić information content (AvgIpc) is 2.91. The van der Waals surface area contributed by atoms with Crippen molar-refractivity contribution in [1.82, 2.24) is 16.0 Å². The lowest BCUT2D eigenvalue weighted by atomic mass is 9.73. The molecule has 0 saturated carbocycles. The summed E-state index contributed by atoms with van der Waals surface area (Å²) in [6, 6.07) is -1.06. The van der Waals surface area contributed by atoms with Crippen LogP contribution in [0.5, 0.6) is 0 Å². The highest BCUT2D eigenvalue weighted by Crippen LogP contribution is 2.36. The maximum atomic E-state index is 12.9. The Bertz CT molecular complexity index is 986. The van der Waals surface area contributed by atoms with Crippen molar-refractivity contribution in [2.24, 2.45) is 16.7 Å². The first-order valence-corrected chi connectivity index (χ1v) is 17.8. The van der Waals surface area contributed by atoms with Crippen molar-refractivity contribution < 1.29 is 43.7 Å². The van der Waals surface area contributed by atoms with Crippen molar-refractivity contribution in [1.29, 1.82) is 0 Å². The van der Waals surface area contributed by atoms with Gasteiger partial charge in [-0.2, -0.15) is 0 Å². The number of amides is 3. The van der Waals surface area contributed by atoms with Crippen LogP contribution < -0.4 is 16.0 Å². The molecule has 0 aliphatic carbocycles. The molecule has 0 fully saturated rings. The van der Waals surface area contributed by atoms with Crippen molar-refractivity contribution in [3.63, 3.8) is 0 Å². The highest BCUT2D eigenvalue weighted by Gasteiger charge is 2.37. The predicted octanol–water partition coefficient (Wildman–Crippen LogP) is 4.64. The number of nitrogens with one attached hydrogen (secondary N) is 3. The molecule has 0 saturated heterocycles. The first kappa shape index (κ1) is 44.6. The van der Waals surface area contributed by atoms with E-state index < -0.39 is 40.3 Å². The van der Waals surface area contributed by atoms with Gasteiger partial charge >= 0.3 is 11.9 Å². The number of rotatable bonds is 27. The smallest absolute Gasteiger partial charge is 0.326 e. The van der Waals surface area contributed by atoms with Gasteiger partial charge in [0.05, 0.1) is 32.0 Å². The van der Waals surface area contributed by atoms with Crippen LogP contribution in [0.25, 0.3) is 0 Å². The molecule has 2 atom stereocenters. The van der Waals surface area contributed by atoms with Crippen molar-refractivity contribution in [3.05, 3.63) is 0 Å². The van der Waals surface area contributed by atoms with Crippen molar-refractivity contribution in [2.75, 3.05) is 38.7 Å². The summed E-state index contributed by atoms with van der Waals surface area (Å²) in [5.74, 6) is -1.79. The maximum absolute atomic E-state index is 12.9. The molecule has 1 unspecified atom stereocenters. The molecule has 5 N–H and O–H groups in total. The quantitative estimate of drug-likeness (QED) is 0.0763. The fourth-order valence-corrected chi connectivity index (χ4v) is 5.82. The van der Waals surface area contributed by atoms with Crippen LogP contribution in [-0.4, -0.2) is 95.4 Å². The zero-order valence-electron chi connectivity index (χ0n) is 30.3. The summed E-state index contributed by atoms with van der Waals surface area (Å²) in [6.45, 7) is 19.2. The molecule has 12 nitrogen and oxygen atoms in total. The lowest BCUT2D eigenvalue weighted by Crippen LogP contribution is -2.48. The lowest BCUT2D eigenvalue weighted by Gasteiger charge is -2.33. The highest BCUT2D eigenvalue weighted by molar-refractivity contribution is 8.00. The Hall–Kier alpha value is -2.38. The van der Waals surface area contributed by atoms with E-state index in [2.05, 4.69) is 36.7 Å². The number of carbonyl (C=O) groups excluding carboxylic acids is 3. The number of carboxylic acid groups (broad SMARTS) is 2. The van der Waals surface area contributed by atoms with Gasteiger partial charge in [0.25, 0.3) is 0 Å². The number of unbranched alkanes of at least 4 members (excludes halogenated alkanes) is 1. The molecule has 0 aromatic heterocycles. The average molecular weight is 690 g/mol. The predicted molar refractivity (Wildman–Crippen MR) is 185 cm³/mol. The van der Waals surface area contributed by atoms with E-state index in [1.54, 1.807) is 39.5 Å². The first-order valence-electron chi connectivity index (χ1n) is 16.8. The molecule has 3 amide bonds. The standard InChI is InChI=1S/C34H63N3O9S/c1-24(2)47-22-28(39)35-21-25(3)13-16-45-18-19-46-17-14-27(38)37-34(8,9)15-11-10-12-26(30(42)43)36-31(44)33(6,7)23-32(4,5)20-29(40)41/h24-26H,10-23H2,1-9H3,(H,35,39)(H,36,44)(H,37,38)(H,40,41)(H,42,43)/t25?,26-/m0/s1. The first-order chi connectivity index (χ1) is 21.7. The van der Waals surface area contributed by atoms with Gasteiger partial charge in [0, 0.05) is 30.5 Å². The summed E-state index contributed by atoms with van der Waals surface area (Å²) >= 11 is 1.62. The molecule has 0 bridgehead atoms. The summed E-state index contributed by atoms with van der Waals surface area (Å²) in [5.41, 5.74) is -2.07. The van der Waals surface area contributed by atoms with Crippen LogP contribution in [0.4, 0.5) is 0 Å². The Labute approximate surface area is 286 Å². The molecule has 0 aromatic carbocycles.